The summed E-state index contributed by atoms with van der Waals surface area (Å²) in [5.41, 5.74) is 2.59. The number of halogens is 1. The van der Waals surface area contributed by atoms with Crippen LogP contribution in [0.15, 0.2) is 66.7 Å². The maximum Gasteiger partial charge on any atom is 0.414 e. The van der Waals surface area contributed by atoms with E-state index in [1.807, 2.05) is 12.1 Å². The van der Waals surface area contributed by atoms with Crippen LogP contribution in [0.3, 0.4) is 0 Å². The normalized spacial score (nSPS) is 12.9. The quantitative estimate of drug-likeness (QED) is 0.537. The Morgan fingerprint density at radius 3 is 2.62 bits per heavy atom. The van der Waals surface area contributed by atoms with Gasteiger partial charge in [0.05, 0.1) is 13.7 Å². The van der Waals surface area contributed by atoms with Gasteiger partial charge in [0.25, 0.3) is 5.91 Å². The molecule has 2 amide bonds. The number of benzene rings is 3. The average Bonchev–Trinajstić information content (AvgIpc) is 3.24. The fraction of sp³-hybridized carbons (Fsp3) is 0.167. The second-order valence-electron chi connectivity index (χ2n) is 7.05. The van der Waals surface area contributed by atoms with Crippen LogP contribution < -0.4 is 19.7 Å². The first-order valence-corrected chi connectivity index (χ1v) is 10.3. The Bertz CT molecular complexity index is 1130. The van der Waals surface area contributed by atoms with Crippen molar-refractivity contribution in [2.45, 2.75) is 6.61 Å². The van der Waals surface area contributed by atoms with Crippen LogP contribution in [-0.4, -0.2) is 32.3 Å². The molecule has 1 N–H and O–H groups in total. The number of anilines is 2. The van der Waals surface area contributed by atoms with E-state index < -0.39 is 6.09 Å². The monoisotopic (exact) mass is 452 g/mol. The van der Waals surface area contributed by atoms with Crippen LogP contribution in [0.5, 0.6) is 11.5 Å². The lowest BCUT2D eigenvalue weighted by Gasteiger charge is -2.15. The minimum Gasteiger partial charge on any atom is -0.493 e. The molecule has 0 bridgehead atoms. The standard InChI is InChI=1S/C24H21ClN2O5/c1-30-22-13-17(7-10-21(22)32-15-16-5-8-18(25)9-6-16)23(28)26-19-3-2-4-20(14-19)27-11-12-31-24(27)29/h2-10,13-14H,11-12,15H2,1H3,(H,26,28). The van der Waals surface area contributed by atoms with Gasteiger partial charge in [-0.3, -0.25) is 9.69 Å². The SMILES string of the molecule is COc1cc(C(=O)Nc2cccc(N3CCOC3=O)c2)ccc1OCc1ccc(Cl)cc1. The minimum atomic E-state index is -0.396. The van der Waals surface area contributed by atoms with E-state index in [-0.39, 0.29) is 5.91 Å². The topological polar surface area (TPSA) is 77.1 Å². The number of hydrogen-bond donors (Lipinski definition) is 1. The molecule has 0 saturated carbocycles. The van der Waals surface area contributed by atoms with Crippen LogP contribution in [0.2, 0.25) is 5.02 Å². The molecular weight excluding hydrogens is 432 g/mol. The van der Waals surface area contributed by atoms with E-state index in [0.29, 0.717) is 53.2 Å². The number of carbonyl (C=O) groups excluding carboxylic acids is 2. The number of nitrogens with one attached hydrogen (secondary N) is 1. The Morgan fingerprint density at radius 1 is 1.09 bits per heavy atom. The van der Waals surface area contributed by atoms with E-state index >= 15 is 0 Å². The van der Waals surface area contributed by atoms with Crippen LogP contribution >= 0.6 is 11.6 Å². The van der Waals surface area contributed by atoms with Crippen LogP contribution in [0.25, 0.3) is 0 Å². The maximum atomic E-state index is 12.8. The Morgan fingerprint density at radius 2 is 1.91 bits per heavy atom. The molecule has 32 heavy (non-hydrogen) atoms. The Kier molecular flexibility index (Phi) is 6.47. The molecule has 1 heterocycles. The van der Waals surface area contributed by atoms with Crippen LogP contribution in [0, 0.1) is 0 Å². The van der Waals surface area contributed by atoms with Gasteiger partial charge in [0.2, 0.25) is 0 Å². The van der Waals surface area contributed by atoms with Crippen molar-refractivity contribution in [1.29, 1.82) is 0 Å². The predicted molar refractivity (Wildman–Crippen MR) is 122 cm³/mol. The number of nitrogens with zero attached hydrogens (tertiary/aromatic N) is 1. The molecule has 0 aromatic heterocycles. The number of hydrogen-bond acceptors (Lipinski definition) is 5. The minimum absolute atomic E-state index is 0.311. The molecule has 3 aromatic rings. The van der Waals surface area contributed by atoms with Crippen molar-refractivity contribution in [2.24, 2.45) is 0 Å². The van der Waals surface area contributed by atoms with Crippen molar-refractivity contribution in [3.05, 3.63) is 82.9 Å². The predicted octanol–water partition coefficient (Wildman–Crippen LogP) is 5.14. The van der Waals surface area contributed by atoms with Crippen molar-refractivity contribution in [3.8, 4) is 11.5 Å². The van der Waals surface area contributed by atoms with Crippen molar-refractivity contribution >= 4 is 35.0 Å². The number of amides is 2. The van der Waals surface area contributed by atoms with E-state index in [2.05, 4.69) is 5.32 Å². The molecule has 7 nitrogen and oxygen atoms in total. The third-order valence-corrected chi connectivity index (χ3v) is 5.16. The zero-order valence-electron chi connectivity index (χ0n) is 17.3. The van der Waals surface area contributed by atoms with Crippen LogP contribution in [-0.2, 0) is 11.3 Å². The van der Waals surface area contributed by atoms with E-state index in [1.165, 1.54) is 12.0 Å². The molecule has 1 aliphatic heterocycles. The van der Waals surface area contributed by atoms with Gasteiger partial charge in [0.15, 0.2) is 11.5 Å². The zero-order valence-corrected chi connectivity index (χ0v) is 18.1. The van der Waals surface area contributed by atoms with Crippen molar-refractivity contribution in [1.82, 2.24) is 0 Å². The molecule has 3 aromatic carbocycles. The van der Waals surface area contributed by atoms with Gasteiger partial charge in [0, 0.05) is 22.0 Å². The molecular formula is C24H21ClN2O5. The number of carbonyl (C=O) groups is 2. The zero-order chi connectivity index (χ0) is 22.5. The van der Waals surface area contributed by atoms with Gasteiger partial charge < -0.3 is 19.5 Å². The summed E-state index contributed by atoms with van der Waals surface area (Å²) in [7, 11) is 1.52. The molecule has 4 rings (SSSR count). The van der Waals surface area contributed by atoms with E-state index in [4.69, 9.17) is 25.8 Å². The van der Waals surface area contributed by atoms with E-state index in [9.17, 15) is 9.59 Å². The Hall–Kier alpha value is -3.71. The van der Waals surface area contributed by atoms with Gasteiger partial charge in [-0.2, -0.15) is 0 Å². The molecule has 1 aliphatic rings. The Labute approximate surface area is 190 Å². The molecule has 0 spiro atoms. The second-order valence-corrected chi connectivity index (χ2v) is 7.49. The summed E-state index contributed by atoms with van der Waals surface area (Å²) in [5, 5.41) is 3.50. The van der Waals surface area contributed by atoms with Gasteiger partial charge in [0.1, 0.15) is 13.2 Å². The second kappa shape index (κ2) is 9.62. The van der Waals surface area contributed by atoms with E-state index in [0.717, 1.165) is 5.56 Å². The first kappa shape index (κ1) is 21.5. The average molecular weight is 453 g/mol. The van der Waals surface area contributed by atoms with E-state index in [1.54, 1.807) is 54.6 Å². The molecule has 0 radical (unpaired) electrons. The first-order valence-electron chi connectivity index (χ1n) is 9.94. The fourth-order valence-electron chi connectivity index (χ4n) is 3.25. The highest BCUT2D eigenvalue weighted by Gasteiger charge is 2.23. The number of rotatable bonds is 7. The fourth-order valence-corrected chi connectivity index (χ4v) is 3.38. The Balaban J connectivity index is 1.44. The third kappa shape index (κ3) is 4.95. The first-order chi connectivity index (χ1) is 15.5. The summed E-state index contributed by atoms with van der Waals surface area (Å²) < 4.78 is 16.2. The van der Waals surface area contributed by atoms with Gasteiger partial charge >= 0.3 is 6.09 Å². The summed E-state index contributed by atoms with van der Waals surface area (Å²) in [6.07, 6.45) is -0.396. The maximum absolute atomic E-state index is 12.8. The largest absolute Gasteiger partial charge is 0.493 e. The van der Waals surface area contributed by atoms with Crippen LogP contribution in [0.1, 0.15) is 15.9 Å². The van der Waals surface area contributed by atoms with Gasteiger partial charge in [-0.1, -0.05) is 29.8 Å². The molecule has 0 unspecified atom stereocenters. The molecule has 164 valence electrons. The summed E-state index contributed by atoms with van der Waals surface area (Å²) in [6, 6.07) is 19.4. The summed E-state index contributed by atoms with van der Waals surface area (Å²) >= 11 is 5.91. The van der Waals surface area contributed by atoms with Gasteiger partial charge in [-0.25, -0.2) is 4.79 Å². The lowest BCUT2D eigenvalue weighted by atomic mass is 10.1. The molecule has 1 saturated heterocycles. The van der Waals surface area contributed by atoms with Crippen molar-refractivity contribution in [2.75, 3.05) is 30.5 Å². The third-order valence-electron chi connectivity index (χ3n) is 4.91. The lowest BCUT2D eigenvalue weighted by molar-refractivity contribution is 0.102. The smallest absolute Gasteiger partial charge is 0.414 e. The highest BCUT2D eigenvalue weighted by atomic mass is 35.5. The summed E-state index contributed by atoms with van der Waals surface area (Å²) in [4.78, 5) is 26.1. The number of methoxy groups -OCH3 is 1. The lowest BCUT2D eigenvalue weighted by Crippen LogP contribution is -2.23. The highest BCUT2D eigenvalue weighted by Crippen LogP contribution is 2.30. The summed E-state index contributed by atoms with van der Waals surface area (Å²) in [6.45, 7) is 1.16. The summed E-state index contributed by atoms with van der Waals surface area (Å²) in [5.74, 6) is 0.655. The van der Waals surface area contributed by atoms with Crippen molar-refractivity contribution in [3.63, 3.8) is 0 Å². The highest BCUT2D eigenvalue weighted by molar-refractivity contribution is 6.30. The molecule has 0 atom stereocenters. The van der Waals surface area contributed by atoms with Crippen LogP contribution in [0.4, 0.5) is 16.2 Å². The van der Waals surface area contributed by atoms with Gasteiger partial charge in [-0.05, 0) is 54.1 Å². The molecule has 8 heteroatoms. The molecule has 0 aliphatic carbocycles. The van der Waals surface area contributed by atoms with Crippen molar-refractivity contribution < 1.29 is 23.8 Å². The number of cyclic esters (lactones) is 1. The number of ether oxygens (including phenoxy) is 3. The molecule has 1 fully saturated rings. The van der Waals surface area contributed by atoms with Gasteiger partial charge in [-0.15, -0.1) is 0 Å².